The quantitative estimate of drug-likeness (QED) is 0.280. The Morgan fingerprint density at radius 1 is 0.412 bits per heavy atom. The second-order valence-electron chi connectivity index (χ2n) is 8.76. The van der Waals surface area contributed by atoms with Gasteiger partial charge in [-0.05, 0) is 51.9 Å². The van der Waals surface area contributed by atoms with E-state index in [0.717, 1.165) is 38.6 Å². The molecule has 2 nitrogen and oxygen atoms in total. The van der Waals surface area contributed by atoms with Gasteiger partial charge in [0.1, 0.15) is 5.75 Å². The molecular weight excluding hydrogens is 414 g/mol. The van der Waals surface area contributed by atoms with Gasteiger partial charge in [-0.15, -0.1) is 0 Å². The molecule has 0 fully saturated rings. The van der Waals surface area contributed by atoms with Crippen molar-refractivity contribution in [3.8, 4) is 5.75 Å². The molecule has 34 heavy (non-hydrogen) atoms. The molecule has 0 amide bonds. The minimum Gasteiger partial charge on any atom is -0.507 e. The second kappa shape index (κ2) is 7.23. The molecule has 0 atom stereocenters. The van der Waals surface area contributed by atoms with E-state index in [1.165, 1.54) is 21.5 Å². The third-order valence-corrected chi connectivity index (χ3v) is 6.88. The number of hydrogen-bond donors (Lipinski definition) is 1. The van der Waals surface area contributed by atoms with Crippen molar-refractivity contribution in [2.75, 3.05) is 4.90 Å². The summed E-state index contributed by atoms with van der Waals surface area (Å²) in [4.78, 5) is 2.36. The maximum absolute atomic E-state index is 10.6. The summed E-state index contributed by atoms with van der Waals surface area (Å²) in [6.07, 6.45) is 0. The number of anilines is 3. The van der Waals surface area contributed by atoms with Crippen molar-refractivity contribution in [3.63, 3.8) is 0 Å². The molecule has 2 heteroatoms. The van der Waals surface area contributed by atoms with Crippen LogP contribution in [0.15, 0.2) is 121 Å². The summed E-state index contributed by atoms with van der Waals surface area (Å²) in [5, 5.41) is 19.7. The first-order chi connectivity index (χ1) is 16.8. The molecule has 160 valence electrons. The van der Waals surface area contributed by atoms with Crippen LogP contribution in [0.5, 0.6) is 5.75 Å². The molecule has 0 aliphatic carbocycles. The highest BCUT2D eigenvalue weighted by Gasteiger charge is 2.20. The van der Waals surface area contributed by atoms with Crippen LogP contribution in [-0.2, 0) is 0 Å². The molecule has 7 aromatic rings. The number of nitrogens with zero attached hydrogens (tertiary/aromatic N) is 1. The Kier molecular flexibility index (Phi) is 4.03. The predicted octanol–water partition coefficient (Wildman–Crippen LogP) is 8.91. The van der Waals surface area contributed by atoms with E-state index in [-0.39, 0.29) is 0 Å². The normalized spacial score (nSPS) is 11.6. The van der Waals surface area contributed by atoms with Gasteiger partial charge < -0.3 is 10.0 Å². The summed E-state index contributed by atoms with van der Waals surface area (Å²) < 4.78 is 0. The van der Waals surface area contributed by atoms with Gasteiger partial charge in [-0.3, -0.25) is 0 Å². The van der Waals surface area contributed by atoms with Crippen LogP contribution in [-0.4, -0.2) is 5.11 Å². The molecule has 7 aromatic carbocycles. The van der Waals surface area contributed by atoms with Gasteiger partial charge in [0.05, 0.1) is 11.4 Å². The fourth-order valence-corrected chi connectivity index (χ4v) is 5.35. The summed E-state index contributed by atoms with van der Waals surface area (Å²) in [7, 11) is 0. The zero-order valence-electron chi connectivity index (χ0n) is 18.4. The summed E-state index contributed by atoms with van der Waals surface area (Å²) >= 11 is 0. The number of phenolic OH excluding ortho intramolecular Hbond substituents is 1. The van der Waals surface area contributed by atoms with Crippen LogP contribution < -0.4 is 4.90 Å². The Morgan fingerprint density at radius 3 is 1.88 bits per heavy atom. The Labute approximate surface area is 197 Å². The third kappa shape index (κ3) is 2.69. The van der Waals surface area contributed by atoms with Crippen LogP contribution in [0.2, 0.25) is 0 Å². The number of aromatic hydroxyl groups is 1. The lowest BCUT2D eigenvalue weighted by Crippen LogP contribution is -2.11. The zero-order valence-corrected chi connectivity index (χ0v) is 18.4. The first-order valence-electron chi connectivity index (χ1n) is 11.5. The van der Waals surface area contributed by atoms with E-state index in [0.29, 0.717) is 5.75 Å². The van der Waals surface area contributed by atoms with Crippen molar-refractivity contribution in [1.29, 1.82) is 0 Å². The van der Waals surface area contributed by atoms with Crippen LogP contribution in [0.1, 0.15) is 0 Å². The van der Waals surface area contributed by atoms with E-state index in [2.05, 4.69) is 108 Å². The second-order valence-corrected chi connectivity index (χ2v) is 8.76. The maximum atomic E-state index is 10.6. The number of hydrogen-bond acceptors (Lipinski definition) is 2. The van der Waals surface area contributed by atoms with E-state index in [4.69, 9.17) is 0 Å². The van der Waals surface area contributed by atoms with Gasteiger partial charge >= 0.3 is 0 Å². The van der Waals surface area contributed by atoms with Crippen molar-refractivity contribution >= 4 is 60.2 Å². The monoisotopic (exact) mass is 435 g/mol. The minimum atomic E-state index is 0.321. The number of rotatable bonds is 3. The number of para-hydroxylation sites is 1. The molecule has 7 rings (SSSR count). The average Bonchev–Trinajstić information content (AvgIpc) is 2.90. The van der Waals surface area contributed by atoms with Gasteiger partial charge in [0.15, 0.2) is 0 Å². The van der Waals surface area contributed by atoms with Crippen LogP contribution in [0.4, 0.5) is 17.1 Å². The lowest BCUT2D eigenvalue weighted by Gasteiger charge is -2.28. The first kappa shape index (κ1) is 19.0. The highest BCUT2D eigenvalue weighted by Crippen LogP contribution is 2.46. The van der Waals surface area contributed by atoms with Gasteiger partial charge in [-0.2, -0.15) is 0 Å². The van der Waals surface area contributed by atoms with E-state index in [1.54, 1.807) is 6.07 Å². The smallest absolute Gasteiger partial charge is 0.123 e. The van der Waals surface area contributed by atoms with Crippen LogP contribution in [0, 0.1) is 0 Å². The molecule has 0 bridgehead atoms. The van der Waals surface area contributed by atoms with Crippen LogP contribution in [0.25, 0.3) is 43.1 Å². The van der Waals surface area contributed by atoms with E-state index in [9.17, 15) is 5.11 Å². The summed E-state index contributed by atoms with van der Waals surface area (Å²) in [6.45, 7) is 0. The molecule has 0 spiro atoms. The van der Waals surface area contributed by atoms with E-state index >= 15 is 0 Å². The Hall–Kier alpha value is -4.56. The summed E-state index contributed by atoms with van der Waals surface area (Å²) in [5.74, 6) is 0.321. The predicted molar refractivity (Wildman–Crippen MR) is 144 cm³/mol. The van der Waals surface area contributed by atoms with Crippen molar-refractivity contribution < 1.29 is 5.11 Å². The number of fused-ring (bicyclic) bond motifs is 1. The van der Waals surface area contributed by atoms with Crippen LogP contribution in [0.3, 0.4) is 0 Å². The minimum absolute atomic E-state index is 0.321. The van der Waals surface area contributed by atoms with Crippen molar-refractivity contribution in [2.24, 2.45) is 0 Å². The molecule has 0 aliphatic rings. The molecule has 0 unspecified atom stereocenters. The fourth-order valence-electron chi connectivity index (χ4n) is 5.35. The Morgan fingerprint density at radius 2 is 1.03 bits per heavy atom. The molecule has 0 aromatic heterocycles. The average molecular weight is 436 g/mol. The topological polar surface area (TPSA) is 23.5 Å². The summed E-state index contributed by atoms with van der Waals surface area (Å²) in [6, 6.07) is 42.3. The SMILES string of the molecule is Oc1ccc2ccc3c(N(c4ccccc4)c4cccc5ccccc45)ccc4ccc1c2c43. The standard InChI is InChI=1S/C32H21NO/c34-30-20-16-23-13-17-26-29(19-15-22-14-18-27(30)32(23)31(22)26)33(24-9-2-1-3-10-24)28-12-6-8-21-7-4-5-11-25(21)28/h1-20,34H. The lowest BCUT2D eigenvalue weighted by atomic mass is 9.92. The van der Waals surface area contributed by atoms with Gasteiger partial charge in [0.2, 0.25) is 0 Å². The van der Waals surface area contributed by atoms with Gasteiger partial charge in [0, 0.05) is 27.2 Å². The van der Waals surface area contributed by atoms with Gasteiger partial charge in [-0.25, -0.2) is 0 Å². The van der Waals surface area contributed by atoms with Crippen molar-refractivity contribution in [3.05, 3.63) is 121 Å². The molecule has 0 saturated heterocycles. The zero-order chi connectivity index (χ0) is 22.6. The Bertz CT molecular complexity index is 1820. The maximum Gasteiger partial charge on any atom is 0.123 e. The fraction of sp³-hybridized carbons (Fsp3) is 0. The molecular formula is C32H21NO. The molecule has 1 N–H and O–H groups in total. The molecule has 0 radical (unpaired) electrons. The van der Waals surface area contributed by atoms with Crippen molar-refractivity contribution in [2.45, 2.75) is 0 Å². The molecule has 0 saturated carbocycles. The number of phenols is 1. The summed E-state index contributed by atoms with van der Waals surface area (Å²) in [5.41, 5.74) is 3.37. The molecule has 0 heterocycles. The first-order valence-corrected chi connectivity index (χ1v) is 11.5. The van der Waals surface area contributed by atoms with Crippen molar-refractivity contribution in [1.82, 2.24) is 0 Å². The largest absolute Gasteiger partial charge is 0.507 e. The highest BCUT2D eigenvalue weighted by molar-refractivity contribution is 6.26. The third-order valence-electron chi connectivity index (χ3n) is 6.88. The van der Waals surface area contributed by atoms with Gasteiger partial charge in [-0.1, -0.05) is 91.0 Å². The van der Waals surface area contributed by atoms with E-state index < -0.39 is 0 Å². The van der Waals surface area contributed by atoms with Crippen LogP contribution >= 0.6 is 0 Å². The highest BCUT2D eigenvalue weighted by atomic mass is 16.3. The van der Waals surface area contributed by atoms with E-state index in [1.807, 2.05) is 12.1 Å². The van der Waals surface area contributed by atoms with Gasteiger partial charge in [0.25, 0.3) is 0 Å². The molecule has 0 aliphatic heterocycles. The lowest BCUT2D eigenvalue weighted by molar-refractivity contribution is 0.482. The Balaban J connectivity index is 1.62. The number of benzene rings is 7.